The van der Waals surface area contributed by atoms with Crippen LogP contribution in [0.3, 0.4) is 0 Å². The van der Waals surface area contributed by atoms with Crippen LogP contribution in [0.15, 0.2) is 0 Å². The predicted octanol–water partition coefficient (Wildman–Crippen LogP) is -1.38. The number of carbonyl (C=O) groups is 1. The summed E-state index contributed by atoms with van der Waals surface area (Å²) in [5.41, 5.74) is 5.19. The molecule has 0 spiro atoms. The molecule has 0 saturated carbocycles. The molecule has 0 unspecified atom stereocenters. The van der Waals surface area contributed by atoms with Crippen molar-refractivity contribution in [3.05, 3.63) is 0 Å². The number of nitrogens with two attached hydrogens (primary N) is 1. The van der Waals surface area contributed by atoms with Crippen molar-refractivity contribution in [1.82, 2.24) is 10.2 Å². The van der Waals surface area contributed by atoms with E-state index in [2.05, 4.69) is 10.2 Å². The van der Waals surface area contributed by atoms with Crippen molar-refractivity contribution in [3.63, 3.8) is 0 Å². The molecule has 0 aromatic rings. The molecule has 0 bridgehead atoms. The first-order valence-corrected chi connectivity index (χ1v) is 3.88. The van der Waals surface area contributed by atoms with E-state index in [1.807, 2.05) is 7.05 Å². The number of nitrogens with zero attached hydrogens (tertiary/aromatic N) is 1. The van der Waals surface area contributed by atoms with Crippen LogP contribution in [0.2, 0.25) is 0 Å². The Labute approximate surface area is 66.7 Å². The highest BCUT2D eigenvalue weighted by Gasteiger charge is 2.19. The Balaban J connectivity index is 2.45. The van der Waals surface area contributed by atoms with Gasteiger partial charge in [0, 0.05) is 26.2 Å². The van der Waals surface area contributed by atoms with Crippen molar-refractivity contribution in [2.24, 2.45) is 11.7 Å². The number of primary amides is 1. The van der Waals surface area contributed by atoms with Crippen molar-refractivity contribution in [2.75, 3.05) is 33.2 Å². The predicted molar refractivity (Wildman–Crippen MR) is 43.1 cm³/mol. The van der Waals surface area contributed by atoms with Gasteiger partial charge in [-0.25, -0.2) is 0 Å². The Morgan fingerprint density at radius 2 is 2.45 bits per heavy atom. The Morgan fingerprint density at radius 1 is 1.73 bits per heavy atom. The van der Waals surface area contributed by atoms with Crippen LogP contribution in [0.5, 0.6) is 0 Å². The molecule has 1 aliphatic heterocycles. The Hall–Kier alpha value is -0.610. The van der Waals surface area contributed by atoms with Gasteiger partial charge in [-0.05, 0) is 7.05 Å². The summed E-state index contributed by atoms with van der Waals surface area (Å²) in [6.45, 7) is 3.44. The van der Waals surface area contributed by atoms with Gasteiger partial charge >= 0.3 is 0 Å². The number of rotatable bonds is 1. The van der Waals surface area contributed by atoms with Crippen molar-refractivity contribution in [3.8, 4) is 0 Å². The summed E-state index contributed by atoms with van der Waals surface area (Å²) in [6, 6.07) is 0. The smallest absolute Gasteiger partial charge is 0.223 e. The number of hydrogen-bond donors (Lipinski definition) is 2. The Kier molecular flexibility index (Phi) is 2.84. The summed E-state index contributed by atoms with van der Waals surface area (Å²) >= 11 is 0. The van der Waals surface area contributed by atoms with Gasteiger partial charge in [0.05, 0.1) is 5.92 Å². The molecular formula is C7H15N3O. The highest BCUT2D eigenvalue weighted by molar-refractivity contribution is 5.77. The first-order valence-electron chi connectivity index (χ1n) is 3.88. The van der Waals surface area contributed by atoms with Gasteiger partial charge in [-0.1, -0.05) is 0 Å². The monoisotopic (exact) mass is 157 g/mol. The third-order valence-corrected chi connectivity index (χ3v) is 2.00. The van der Waals surface area contributed by atoms with Crippen LogP contribution in [0, 0.1) is 5.92 Å². The topological polar surface area (TPSA) is 58.4 Å². The van der Waals surface area contributed by atoms with Crippen molar-refractivity contribution < 1.29 is 4.79 Å². The lowest BCUT2D eigenvalue weighted by atomic mass is 10.1. The van der Waals surface area contributed by atoms with Crippen molar-refractivity contribution in [2.45, 2.75) is 0 Å². The first kappa shape index (κ1) is 8.49. The van der Waals surface area contributed by atoms with Gasteiger partial charge in [-0.15, -0.1) is 0 Å². The van der Waals surface area contributed by atoms with E-state index in [1.54, 1.807) is 0 Å². The molecule has 1 fully saturated rings. The molecule has 1 rings (SSSR count). The van der Waals surface area contributed by atoms with Gasteiger partial charge < -0.3 is 16.0 Å². The maximum Gasteiger partial charge on any atom is 0.223 e. The lowest BCUT2D eigenvalue weighted by Crippen LogP contribution is -2.36. The summed E-state index contributed by atoms with van der Waals surface area (Å²) < 4.78 is 0. The maximum absolute atomic E-state index is 10.8. The van der Waals surface area contributed by atoms with Crippen LogP contribution < -0.4 is 11.1 Å². The summed E-state index contributed by atoms with van der Waals surface area (Å²) in [6.07, 6.45) is 0. The normalized spacial score (nSPS) is 27.9. The van der Waals surface area contributed by atoms with Crippen LogP contribution in [0.25, 0.3) is 0 Å². The third kappa shape index (κ3) is 2.48. The average Bonchev–Trinajstić information content (AvgIpc) is 2.13. The molecule has 4 heteroatoms. The molecule has 4 nitrogen and oxygen atoms in total. The van der Waals surface area contributed by atoms with Crippen LogP contribution in [-0.2, 0) is 4.79 Å². The zero-order chi connectivity index (χ0) is 8.27. The Morgan fingerprint density at radius 3 is 3.09 bits per heavy atom. The number of nitrogens with one attached hydrogen (secondary N) is 1. The van der Waals surface area contributed by atoms with Crippen LogP contribution in [0.4, 0.5) is 0 Å². The SMILES string of the molecule is CN1CCNC[C@@H](C(N)=O)C1. The fourth-order valence-electron chi connectivity index (χ4n) is 1.27. The molecule has 3 N–H and O–H groups in total. The minimum Gasteiger partial charge on any atom is -0.369 e. The second-order valence-corrected chi connectivity index (χ2v) is 3.07. The zero-order valence-corrected chi connectivity index (χ0v) is 6.84. The molecule has 11 heavy (non-hydrogen) atoms. The first-order chi connectivity index (χ1) is 5.20. The van der Waals surface area contributed by atoms with E-state index in [-0.39, 0.29) is 11.8 Å². The third-order valence-electron chi connectivity index (χ3n) is 2.00. The van der Waals surface area contributed by atoms with Gasteiger partial charge in [-0.2, -0.15) is 0 Å². The molecule has 0 radical (unpaired) electrons. The van der Waals surface area contributed by atoms with Gasteiger partial charge in [-0.3, -0.25) is 4.79 Å². The van der Waals surface area contributed by atoms with Crippen LogP contribution in [-0.4, -0.2) is 44.0 Å². The van der Waals surface area contributed by atoms with Gasteiger partial charge in [0.1, 0.15) is 0 Å². The lowest BCUT2D eigenvalue weighted by molar-refractivity contribution is -0.121. The van der Waals surface area contributed by atoms with E-state index < -0.39 is 0 Å². The highest BCUT2D eigenvalue weighted by Crippen LogP contribution is 1.99. The zero-order valence-electron chi connectivity index (χ0n) is 6.84. The molecule has 1 heterocycles. The van der Waals surface area contributed by atoms with Gasteiger partial charge in [0.15, 0.2) is 0 Å². The van der Waals surface area contributed by atoms with E-state index in [4.69, 9.17) is 5.73 Å². The number of amides is 1. The number of carbonyl (C=O) groups excluding carboxylic acids is 1. The fraction of sp³-hybridized carbons (Fsp3) is 0.857. The second kappa shape index (κ2) is 3.69. The summed E-state index contributed by atoms with van der Waals surface area (Å²) in [5, 5.41) is 3.17. The standard InChI is InChI=1S/C7H15N3O/c1-10-3-2-9-4-6(5-10)7(8)11/h6,9H,2-5H2,1H3,(H2,8,11)/t6-/m1/s1. The second-order valence-electron chi connectivity index (χ2n) is 3.07. The molecular weight excluding hydrogens is 142 g/mol. The van der Waals surface area contributed by atoms with Crippen molar-refractivity contribution in [1.29, 1.82) is 0 Å². The quantitative estimate of drug-likeness (QED) is 0.493. The molecule has 1 saturated heterocycles. The number of hydrogen-bond acceptors (Lipinski definition) is 3. The van der Waals surface area contributed by atoms with E-state index in [0.717, 1.165) is 26.2 Å². The maximum atomic E-state index is 10.8. The molecule has 0 aliphatic carbocycles. The van der Waals surface area contributed by atoms with Crippen molar-refractivity contribution >= 4 is 5.91 Å². The molecule has 1 amide bonds. The van der Waals surface area contributed by atoms with Gasteiger partial charge in [0.25, 0.3) is 0 Å². The highest BCUT2D eigenvalue weighted by atomic mass is 16.1. The minimum absolute atomic E-state index is 0.0255. The largest absolute Gasteiger partial charge is 0.369 e. The molecule has 0 aromatic heterocycles. The van der Waals surface area contributed by atoms with E-state index in [9.17, 15) is 4.79 Å². The average molecular weight is 157 g/mol. The number of likely N-dealkylation sites (N-methyl/N-ethyl adjacent to an activating group) is 1. The van der Waals surface area contributed by atoms with E-state index in [0.29, 0.717) is 0 Å². The molecule has 1 aliphatic rings. The minimum atomic E-state index is -0.203. The van der Waals surface area contributed by atoms with E-state index >= 15 is 0 Å². The molecule has 0 aromatic carbocycles. The summed E-state index contributed by atoms with van der Waals surface area (Å²) in [4.78, 5) is 12.9. The summed E-state index contributed by atoms with van der Waals surface area (Å²) in [5.74, 6) is -0.228. The van der Waals surface area contributed by atoms with Crippen LogP contribution >= 0.6 is 0 Å². The fourth-order valence-corrected chi connectivity index (χ4v) is 1.27. The molecule has 1 atom stereocenters. The Bertz CT molecular complexity index is 149. The van der Waals surface area contributed by atoms with Gasteiger partial charge in [0.2, 0.25) is 5.91 Å². The van der Waals surface area contributed by atoms with E-state index in [1.165, 1.54) is 0 Å². The lowest BCUT2D eigenvalue weighted by Gasteiger charge is -2.15. The molecule has 64 valence electrons. The van der Waals surface area contributed by atoms with Crippen LogP contribution in [0.1, 0.15) is 0 Å². The summed E-state index contributed by atoms with van der Waals surface area (Å²) in [7, 11) is 2.00.